The molecule has 1 amide bonds. The van der Waals surface area contributed by atoms with Gasteiger partial charge in [0.1, 0.15) is 0 Å². The minimum atomic E-state index is -0.998. The Hall–Kier alpha value is -1.66. The molecule has 2 heterocycles. The van der Waals surface area contributed by atoms with Gasteiger partial charge in [-0.3, -0.25) is 4.79 Å². The molecule has 1 aromatic heterocycles. The summed E-state index contributed by atoms with van der Waals surface area (Å²) in [6, 6.07) is 1.71. The minimum Gasteiger partial charge on any atom is -0.478 e. The Morgan fingerprint density at radius 3 is 3.05 bits per heavy atom. The van der Waals surface area contributed by atoms with Gasteiger partial charge in [-0.2, -0.15) is 0 Å². The van der Waals surface area contributed by atoms with Crippen LogP contribution in [0.25, 0.3) is 6.08 Å². The molecule has 108 valence electrons. The molecular weight excluding hydrogens is 278 g/mol. The van der Waals surface area contributed by atoms with E-state index in [1.54, 1.807) is 23.4 Å². The molecule has 0 bridgehead atoms. The summed E-state index contributed by atoms with van der Waals surface area (Å²) in [6.07, 6.45) is 4.73. The number of rotatable bonds is 5. The van der Waals surface area contributed by atoms with Gasteiger partial charge in [0.2, 0.25) is 0 Å². The molecule has 2 rings (SSSR count). The second-order valence-electron chi connectivity index (χ2n) is 4.73. The highest BCUT2D eigenvalue weighted by molar-refractivity contribution is 7.11. The zero-order valence-electron chi connectivity index (χ0n) is 11.2. The van der Waals surface area contributed by atoms with Gasteiger partial charge in [-0.25, -0.2) is 4.79 Å². The van der Waals surface area contributed by atoms with E-state index in [0.717, 1.165) is 30.4 Å². The van der Waals surface area contributed by atoms with Crippen LogP contribution in [-0.4, -0.2) is 48.2 Å². The molecular formula is C14H17NO4S. The lowest BCUT2D eigenvalue weighted by Crippen LogP contribution is -2.33. The molecule has 0 saturated carbocycles. The van der Waals surface area contributed by atoms with E-state index in [4.69, 9.17) is 9.84 Å². The number of carbonyl (C=O) groups is 2. The molecule has 1 aliphatic heterocycles. The van der Waals surface area contributed by atoms with Crippen molar-refractivity contribution in [1.82, 2.24) is 4.90 Å². The average Bonchev–Trinajstić information content (AvgIpc) is 3.06. The van der Waals surface area contributed by atoms with Crippen LogP contribution < -0.4 is 0 Å². The van der Waals surface area contributed by atoms with Crippen molar-refractivity contribution in [2.24, 2.45) is 0 Å². The van der Waals surface area contributed by atoms with E-state index < -0.39 is 5.97 Å². The molecule has 0 spiro atoms. The number of aliphatic carboxylic acids is 1. The average molecular weight is 295 g/mol. The molecule has 6 heteroatoms. The van der Waals surface area contributed by atoms with Gasteiger partial charge in [-0.1, -0.05) is 0 Å². The summed E-state index contributed by atoms with van der Waals surface area (Å²) < 4.78 is 5.51. The number of hydrogen-bond donors (Lipinski definition) is 1. The molecule has 1 N–H and O–H groups in total. The van der Waals surface area contributed by atoms with Gasteiger partial charge in [-0.15, -0.1) is 11.3 Å². The quantitative estimate of drug-likeness (QED) is 0.845. The zero-order valence-corrected chi connectivity index (χ0v) is 12.1. The van der Waals surface area contributed by atoms with E-state index in [1.165, 1.54) is 17.4 Å². The van der Waals surface area contributed by atoms with Crippen LogP contribution in [0, 0.1) is 0 Å². The maximum atomic E-state index is 12.2. The largest absolute Gasteiger partial charge is 0.478 e. The van der Waals surface area contributed by atoms with Crippen LogP contribution in [0.5, 0.6) is 0 Å². The first kappa shape index (κ1) is 14.7. The monoisotopic (exact) mass is 295 g/mol. The standard InChI is InChI=1S/C14H17NO4S/c1-15(8-11-3-2-6-19-11)14(18)10-7-12(20-9-10)4-5-13(16)17/h4-5,7,9,11H,2-3,6,8H2,1H3,(H,16,17). The summed E-state index contributed by atoms with van der Waals surface area (Å²) in [5.41, 5.74) is 0.584. The second kappa shape index (κ2) is 6.67. The highest BCUT2D eigenvalue weighted by atomic mass is 32.1. The topological polar surface area (TPSA) is 66.8 Å². The van der Waals surface area contributed by atoms with Gasteiger partial charge in [0.15, 0.2) is 0 Å². The number of carbonyl (C=O) groups excluding carboxylic acids is 1. The lowest BCUT2D eigenvalue weighted by Gasteiger charge is -2.20. The van der Waals surface area contributed by atoms with Gasteiger partial charge in [0, 0.05) is 36.5 Å². The third kappa shape index (κ3) is 3.91. The molecule has 0 aliphatic carbocycles. The van der Waals surface area contributed by atoms with Crippen molar-refractivity contribution >= 4 is 29.3 Å². The number of amides is 1. The Labute approximate surface area is 121 Å². The molecule has 20 heavy (non-hydrogen) atoms. The maximum Gasteiger partial charge on any atom is 0.328 e. The molecule has 1 atom stereocenters. The first-order valence-electron chi connectivity index (χ1n) is 6.43. The molecule has 0 radical (unpaired) electrons. The Kier molecular flexibility index (Phi) is 4.92. The van der Waals surface area contributed by atoms with E-state index in [1.807, 2.05) is 0 Å². The van der Waals surface area contributed by atoms with E-state index in [9.17, 15) is 9.59 Å². The minimum absolute atomic E-state index is 0.0632. The molecule has 1 saturated heterocycles. The fourth-order valence-corrected chi connectivity index (χ4v) is 2.88. The molecule has 5 nitrogen and oxygen atoms in total. The first-order valence-corrected chi connectivity index (χ1v) is 7.31. The van der Waals surface area contributed by atoms with Gasteiger partial charge >= 0.3 is 5.97 Å². The van der Waals surface area contributed by atoms with Crippen LogP contribution >= 0.6 is 11.3 Å². The lowest BCUT2D eigenvalue weighted by atomic mass is 10.2. The van der Waals surface area contributed by atoms with Crippen LogP contribution in [0.1, 0.15) is 28.1 Å². The SMILES string of the molecule is CN(CC1CCCO1)C(=O)c1csc(C=CC(=O)O)c1. The number of ether oxygens (including phenoxy) is 1. The number of carboxylic acids is 1. The molecule has 1 aliphatic rings. The number of nitrogens with zero attached hydrogens (tertiary/aromatic N) is 1. The van der Waals surface area contributed by atoms with Crippen LogP contribution in [0.4, 0.5) is 0 Å². The third-order valence-corrected chi connectivity index (χ3v) is 4.00. The molecule has 1 unspecified atom stereocenters. The van der Waals surface area contributed by atoms with Crippen LogP contribution in [-0.2, 0) is 9.53 Å². The molecule has 1 fully saturated rings. The van der Waals surface area contributed by atoms with Crippen LogP contribution in [0.15, 0.2) is 17.5 Å². The van der Waals surface area contributed by atoms with Crippen molar-refractivity contribution in [2.45, 2.75) is 18.9 Å². The summed E-state index contributed by atoms with van der Waals surface area (Å²) in [5.74, 6) is -1.06. The van der Waals surface area contributed by atoms with Crippen molar-refractivity contribution in [3.8, 4) is 0 Å². The number of carboxylic acid groups (broad SMARTS) is 1. The van der Waals surface area contributed by atoms with E-state index in [-0.39, 0.29) is 12.0 Å². The summed E-state index contributed by atoms with van der Waals surface area (Å²) in [6.45, 7) is 1.37. The number of hydrogen-bond acceptors (Lipinski definition) is 4. The summed E-state index contributed by atoms with van der Waals surface area (Å²) in [7, 11) is 1.76. The lowest BCUT2D eigenvalue weighted by molar-refractivity contribution is -0.131. The highest BCUT2D eigenvalue weighted by Gasteiger charge is 2.21. The Balaban J connectivity index is 1.96. The summed E-state index contributed by atoms with van der Waals surface area (Å²) in [5, 5.41) is 10.3. The normalized spacial score (nSPS) is 18.6. The van der Waals surface area contributed by atoms with E-state index in [2.05, 4.69) is 0 Å². The fourth-order valence-electron chi connectivity index (χ4n) is 2.10. The third-order valence-electron chi connectivity index (χ3n) is 3.11. The molecule has 0 aromatic carbocycles. The van der Waals surface area contributed by atoms with Gasteiger partial charge in [0.05, 0.1) is 11.7 Å². The Bertz CT molecular complexity index is 517. The zero-order chi connectivity index (χ0) is 14.5. The predicted molar refractivity (Wildman–Crippen MR) is 76.9 cm³/mol. The predicted octanol–water partition coefficient (Wildman–Crippen LogP) is 2.10. The van der Waals surface area contributed by atoms with Crippen molar-refractivity contribution in [3.05, 3.63) is 28.0 Å². The highest BCUT2D eigenvalue weighted by Crippen LogP contribution is 2.19. The summed E-state index contributed by atoms with van der Waals surface area (Å²) >= 11 is 1.35. The van der Waals surface area contributed by atoms with Gasteiger partial charge in [-0.05, 0) is 25.0 Å². The number of thiophene rings is 1. The first-order chi connectivity index (χ1) is 9.56. The van der Waals surface area contributed by atoms with Crippen LogP contribution in [0.2, 0.25) is 0 Å². The smallest absolute Gasteiger partial charge is 0.328 e. The van der Waals surface area contributed by atoms with Crippen molar-refractivity contribution in [3.63, 3.8) is 0 Å². The van der Waals surface area contributed by atoms with Gasteiger partial charge in [0.25, 0.3) is 5.91 Å². The van der Waals surface area contributed by atoms with Crippen molar-refractivity contribution < 1.29 is 19.4 Å². The summed E-state index contributed by atoms with van der Waals surface area (Å²) in [4.78, 5) is 25.1. The Morgan fingerprint density at radius 1 is 1.60 bits per heavy atom. The second-order valence-corrected chi connectivity index (χ2v) is 5.67. The van der Waals surface area contributed by atoms with Crippen molar-refractivity contribution in [2.75, 3.05) is 20.2 Å². The molecule has 1 aromatic rings. The number of likely N-dealkylation sites (N-methyl/N-ethyl adjacent to an activating group) is 1. The fraction of sp³-hybridized carbons (Fsp3) is 0.429. The van der Waals surface area contributed by atoms with Crippen molar-refractivity contribution in [1.29, 1.82) is 0 Å². The Morgan fingerprint density at radius 2 is 2.40 bits per heavy atom. The van der Waals surface area contributed by atoms with Gasteiger partial charge < -0.3 is 14.7 Å². The van der Waals surface area contributed by atoms with Crippen LogP contribution in [0.3, 0.4) is 0 Å². The van der Waals surface area contributed by atoms with E-state index in [0.29, 0.717) is 12.1 Å². The van der Waals surface area contributed by atoms with E-state index >= 15 is 0 Å². The maximum absolute atomic E-state index is 12.2.